The molecule has 0 aliphatic rings. The quantitative estimate of drug-likeness (QED) is 0.352. The number of rotatable bonds is 3. The van der Waals surface area contributed by atoms with Crippen LogP contribution in [0.4, 0.5) is 0 Å². The van der Waals surface area contributed by atoms with Crippen molar-refractivity contribution in [3.05, 3.63) is 35.4 Å². The van der Waals surface area contributed by atoms with E-state index in [-0.39, 0.29) is 40.7 Å². The first-order chi connectivity index (χ1) is 7.29. The van der Waals surface area contributed by atoms with Crippen LogP contribution in [0.25, 0.3) is 0 Å². The van der Waals surface area contributed by atoms with Crippen LogP contribution in [0, 0.1) is 0 Å². The maximum Gasteiger partial charge on any atom is 1.00 e. The molecule has 0 heterocycles. The van der Waals surface area contributed by atoms with E-state index in [1.807, 2.05) is 0 Å². The van der Waals surface area contributed by atoms with Crippen LogP contribution in [0.3, 0.4) is 0 Å². The zero-order valence-electron chi connectivity index (χ0n) is 8.61. The Labute approximate surface area is 119 Å². The van der Waals surface area contributed by atoms with E-state index in [0.29, 0.717) is 0 Å². The zero-order chi connectivity index (χ0) is 12.3. The summed E-state index contributed by atoms with van der Waals surface area (Å²) < 4.78 is 33.8. The molecule has 1 aromatic carbocycles. The van der Waals surface area contributed by atoms with Gasteiger partial charge in [-0.2, -0.15) is 0 Å². The molecule has 0 aliphatic carbocycles. The van der Waals surface area contributed by atoms with Gasteiger partial charge in [-0.15, -0.1) is 0 Å². The van der Waals surface area contributed by atoms with E-state index in [1.54, 1.807) is 0 Å². The van der Waals surface area contributed by atoms with Gasteiger partial charge in [0, 0.05) is 0 Å². The fourth-order valence-electron chi connectivity index (χ4n) is 0.890. The predicted molar refractivity (Wildman–Crippen MR) is 48.5 cm³/mol. The molecule has 0 radical (unpaired) electrons. The standard InChI is InChI=1S/C8H6O7S.Na/c9-7(10)5-1-3-6(4-2-5)8(11)15-16(12,13)14;/h1-4H,(H,9,10)(H,12,13,14);/q;+1/p-1. The third kappa shape index (κ3) is 5.29. The molecule has 1 rings (SSSR count). The van der Waals surface area contributed by atoms with Crippen LogP contribution in [0.15, 0.2) is 24.3 Å². The molecule has 7 nitrogen and oxygen atoms in total. The predicted octanol–water partition coefficient (Wildman–Crippen LogP) is -2.99. The van der Waals surface area contributed by atoms with Gasteiger partial charge < -0.3 is 13.8 Å². The molecule has 1 N–H and O–H groups in total. The molecule has 0 aliphatic heterocycles. The fraction of sp³-hybridized carbons (Fsp3) is 0. The van der Waals surface area contributed by atoms with E-state index in [4.69, 9.17) is 5.11 Å². The summed E-state index contributed by atoms with van der Waals surface area (Å²) in [5.74, 6) is -2.55. The van der Waals surface area contributed by atoms with Crippen LogP contribution in [0.2, 0.25) is 0 Å². The van der Waals surface area contributed by atoms with Crippen LogP contribution in [0.1, 0.15) is 20.7 Å². The van der Waals surface area contributed by atoms with E-state index in [2.05, 4.69) is 4.18 Å². The summed E-state index contributed by atoms with van der Waals surface area (Å²) in [6, 6.07) is 4.24. The van der Waals surface area contributed by atoms with Crippen molar-refractivity contribution in [2.75, 3.05) is 0 Å². The monoisotopic (exact) mass is 268 g/mol. The molecule has 0 spiro atoms. The second-order valence-electron chi connectivity index (χ2n) is 2.66. The van der Waals surface area contributed by atoms with Gasteiger partial charge >= 0.3 is 41.5 Å². The minimum absolute atomic E-state index is 0. The van der Waals surface area contributed by atoms with E-state index < -0.39 is 22.3 Å². The number of aromatic carboxylic acids is 1. The van der Waals surface area contributed by atoms with Gasteiger partial charge in [-0.1, -0.05) is 0 Å². The van der Waals surface area contributed by atoms with Crippen LogP contribution in [0.5, 0.6) is 0 Å². The molecule has 0 aromatic heterocycles. The Morgan fingerprint density at radius 3 is 1.88 bits per heavy atom. The summed E-state index contributed by atoms with van der Waals surface area (Å²) in [4.78, 5) is 21.4. The average molecular weight is 268 g/mol. The van der Waals surface area contributed by atoms with Crippen molar-refractivity contribution in [3.63, 3.8) is 0 Å². The second kappa shape index (κ2) is 6.12. The van der Waals surface area contributed by atoms with Crippen LogP contribution >= 0.6 is 0 Å². The van der Waals surface area contributed by atoms with E-state index >= 15 is 0 Å². The molecular formula is C8H5NaO7S. The normalized spacial score (nSPS) is 10.2. The molecule has 0 atom stereocenters. The minimum Gasteiger partial charge on any atom is -0.716 e. The van der Waals surface area contributed by atoms with E-state index in [9.17, 15) is 22.6 Å². The zero-order valence-corrected chi connectivity index (χ0v) is 11.4. The molecular weight excluding hydrogens is 263 g/mol. The molecule has 0 unspecified atom stereocenters. The maximum atomic E-state index is 11.0. The average Bonchev–Trinajstić information content (AvgIpc) is 2.15. The first-order valence-electron chi connectivity index (χ1n) is 3.82. The molecule has 0 saturated heterocycles. The summed E-state index contributed by atoms with van der Waals surface area (Å²) >= 11 is 0. The van der Waals surface area contributed by atoms with Gasteiger partial charge in [-0.05, 0) is 24.3 Å². The van der Waals surface area contributed by atoms with E-state index in [1.165, 1.54) is 0 Å². The van der Waals surface area contributed by atoms with Crippen molar-refractivity contribution >= 4 is 22.3 Å². The molecule has 0 saturated carbocycles. The van der Waals surface area contributed by atoms with Crippen molar-refractivity contribution in [2.24, 2.45) is 0 Å². The Hall–Kier alpha value is -0.930. The number of carbonyl (C=O) groups is 2. The number of carboxylic acid groups (broad SMARTS) is 1. The van der Waals surface area contributed by atoms with Gasteiger partial charge in [0.05, 0.1) is 11.1 Å². The number of hydrogen-bond acceptors (Lipinski definition) is 6. The molecule has 1 aromatic rings. The van der Waals surface area contributed by atoms with Crippen molar-refractivity contribution in [2.45, 2.75) is 0 Å². The van der Waals surface area contributed by atoms with Crippen LogP contribution in [-0.2, 0) is 14.6 Å². The molecule has 0 fully saturated rings. The van der Waals surface area contributed by atoms with Gasteiger partial charge in [0.2, 0.25) is 0 Å². The Kier molecular flexibility index (Phi) is 5.79. The third-order valence-electron chi connectivity index (χ3n) is 1.55. The number of carboxylic acids is 1. The Balaban J connectivity index is 0.00000256. The first kappa shape index (κ1) is 16.1. The SMILES string of the molecule is O=C(O)c1ccc(C(=O)OS(=O)(=O)[O-])cc1.[Na+]. The smallest absolute Gasteiger partial charge is 0.716 e. The molecule has 17 heavy (non-hydrogen) atoms. The van der Waals surface area contributed by atoms with Crippen LogP contribution in [-0.4, -0.2) is 30.0 Å². The Morgan fingerprint density at radius 2 is 1.53 bits per heavy atom. The summed E-state index contributed by atoms with van der Waals surface area (Å²) in [6.07, 6.45) is 0. The summed E-state index contributed by atoms with van der Waals surface area (Å²) in [6.45, 7) is 0. The maximum absolute atomic E-state index is 11.0. The third-order valence-corrected chi connectivity index (χ3v) is 1.90. The Morgan fingerprint density at radius 1 is 1.12 bits per heavy atom. The summed E-state index contributed by atoms with van der Waals surface area (Å²) in [7, 11) is -5.11. The van der Waals surface area contributed by atoms with Gasteiger partial charge in [-0.25, -0.2) is 18.0 Å². The van der Waals surface area contributed by atoms with Crippen molar-refractivity contribution in [1.29, 1.82) is 0 Å². The van der Waals surface area contributed by atoms with Gasteiger partial charge in [-0.3, -0.25) is 0 Å². The minimum atomic E-state index is -5.11. The summed E-state index contributed by atoms with van der Waals surface area (Å²) in [5.41, 5.74) is -0.314. The topological polar surface area (TPSA) is 121 Å². The van der Waals surface area contributed by atoms with E-state index in [0.717, 1.165) is 24.3 Å². The molecule has 86 valence electrons. The molecule has 0 amide bonds. The Bertz CT molecular complexity index is 519. The largest absolute Gasteiger partial charge is 1.00 e. The van der Waals surface area contributed by atoms with Crippen molar-refractivity contribution < 1.29 is 61.4 Å². The number of benzene rings is 1. The number of carbonyl (C=O) groups excluding carboxylic acids is 1. The van der Waals surface area contributed by atoms with Gasteiger partial charge in [0.15, 0.2) is 0 Å². The van der Waals surface area contributed by atoms with Crippen molar-refractivity contribution in [1.82, 2.24) is 0 Å². The molecule has 0 bridgehead atoms. The van der Waals surface area contributed by atoms with Crippen molar-refractivity contribution in [3.8, 4) is 0 Å². The summed E-state index contributed by atoms with van der Waals surface area (Å²) in [5, 5.41) is 8.54. The molecule has 9 heteroatoms. The fourth-order valence-corrected chi connectivity index (χ4v) is 1.17. The number of hydrogen-bond donors (Lipinski definition) is 1. The van der Waals surface area contributed by atoms with Gasteiger partial charge in [0.1, 0.15) is 0 Å². The first-order valence-corrected chi connectivity index (χ1v) is 5.16. The van der Waals surface area contributed by atoms with Gasteiger partial charge in [0.25, 0.3) is 10.4 Å². The van der Waals surface area contributed by atoms with Crippen LogP contribution < -0.4 is 29.6 Å². The second-order valence-corrected chi connectivity index (χ2v) is 3.64.